The van der Waals surface area contributed by atoms with Crippen molar-refractivity contribution in [1.82, 2.24) is 4.90 Å². The van der Waals surface area contributed by atoms with E-state index in [0.717, 1.165) is 0 Å². The summed E-state index contributed by atoms with van der Waals surface area (Å²) in [5, 5.41) is 9.37. The quantitative estimate of drug-likeness (QED) is 0.172. The summed E-state index contributed by atoms with van der Waals surface area (Å²) >= 11 is 5.31. The predicted octanol–water partition coefficient (Wildman–Crippen LogP) is 3.18. The van der Waals surface area contributed by atoms with Gasteiger partial charge >= 0.3 is 5.97 Å². The molecular weight excluding hydrogens is 560 g/mol. The highest BCUT2D eigenvalue weighted by molar-refractivity contribution is 9.09. The van der Waals surface area contributed by atoms with E-state index in [0.29, 0.717) is 30.7 Å². The molecule has 3 heterocycles. The van der Waals surface area contributed by atoms with Crippen LogP contribution in [-0.4, -0.2) is 82.1 Å². The zero-order chi connectivity index (χ0) is 26.7. The molecule has 1 spiro atoms. The van der Waals surface area contributed by atoms with Crippen LogP contribution >= 0.6 is 27.7 Å². The van der Waals surface area contributed by atoms with E-state index in [4.69, 9.17) is 9.47 Å². The zero-order valence-corrected chi connectivity index (χ0v) is 23.3. The van der Waals surface area contributed by atoms with E-state index < -0.39 is 28.6 Å². The number of anilines is 1. The average Bonchev–Trinajstić information content (AvgIpc) is 3.49. The fourth-order valence-electron chi connectivity index (χ4n) is 5.86. The maximum Gasteiger partial charge on any atom is 0.310 e. The van der Waals surface area contributed by atoms with Crippen molar-refractivity contribution in [2.45, 2.75) is 40.1 Å². The average molecular weight is 594 g/mol. The van der Waals surface area contributed by atoms with E-state index in [1.807, 2.05) is 0 Å². The van der Waals surface area contributed by atoms with Gasteiger partial charge in [0.1, 0.15) is 11.8 Å². The zero-order valence-electron chi connectivity index (χ0n) is 20.9. The van der Waals surface area contributed by atoms with Crippen molar-refractivity contribution in [1.29, 1.82) is 0 Å². The molecule has 2 amide bonds. The number of esters is 1. The van der Waals surface area contributed by atoms with Crippen LogP contribution in [0.25, 0.3) is 0 Å². The molecule has 3 saturated heterocycles. The molecule has 0 aliphatic carbocycles. The van der Waals surface area contributed by atoms with Crippen LogP contribution in [-0.2, 0) is 19.1 Å². The third-order valence-corrected chi connectivity index (χ3v) is 10.6. The van der Waals surface area contributed by atoms with Crippen molar-refractivity contribution in [2.75, 3.05) is 38.3 Å². The van der Waals surface area contributed by atoms with Gasteiger partial charge in [0.15, 0.2) is 0 Å². The summed E-state index contributed by atoms with van der Waals surface area (Å²) in [6, 6.07) is 6.37. The lowest BCUT2D eigenvalue weighted by molar-refractivity contribution is -0.154. The first-order valence-electron chi connectivity index (χ1n) is 12.4. The second-order valence-electron chi connectivity index (χ2n) is 9.45. The van der Waals surface area contributed by atoms with Gasteiger partial charge in [-0.15, -0.1) is 24.9 Å². The number of thioether (sulfide) groups is 1. The number of amides is 2. The number of nitrogens with zero attached hydrogens (tertiary/aromatic N) is 2. The van der Waals surface area contributed by atoms with Crippen molar-refractivity contribution in [3.05, 3.63) is 49.6 Å². The van der Waals surface area contributed by atoms with Gasteiger partial charge in [-0.2, -0.15) is 0 Å². The molecule has 2 bridgehead atoms. The second-order valence-corrected chi connectivity index (χ2v) is 12.2. The maximum absolute atomic E-state index is 14.4. The fourth-order valence-corrected chi connectivity index (χ4v) is 9.46. The van der Waals surface area contributed by atoms with Gasteiger partial charge in [0.2, 0.25) is 5.91 Å². The number of methoxy groups -OCH3 is 1. The molecule has 6 atom stereocenters. The maximum atomic E-state index is 14.4. The molecule has 3 unspecified atom stereocenters. The van der Waals surface area contributed by atoms with Crippen LogP contribution in [0.15, 0.2) is 49.6 Å². The summed E-state index contributed by atoms with van der Waals surface area (Å²) < 4.78 is 10.0. The minimum atomic E-state index is -0.792. The molecule has 4 rings (SSSR count). The molecule has 3 aliphatic heterocycles. The molecule has 0 saturated carbocycles. The van der Waals surface area contributed by atoms with Crippen molar-refractivity contribution >= 4 is 51.2 Å². The smallest absolute Gasteiger partial charge is 0.310 e. The van der Waals surface area contributed by atoms with Gasteiger partial charge in [-0.3, -0.25) is 14.4 Å². The third kappa shape index (κ3) is 4.83. The molecular formula is C27H33BrN2O6S. The number of rotatable bonds is 12. The Balaban J connectivity index is 1.73. The summed E-state index contributed by atoms with van der Waals surface area (Å²) in [5.74, 6) is -1.51. The number of alkyl halides is 1. The first-order valence-corrected chi connectivity index (χ1v) is 14.2. The Morgan fingerprint density at radius 1 is 1.30 bits per heavy atom. The number of hydrogen-bond donors (Lipinski definition) is 1. The minimum Gasteiger partial charge on any atom is -0.497 e. The lowest BCUT2D eigenvalue weighted by Gasteiger charge is -2.37. The SMILES string of the molecule is C=CCCOC(=O)[C@H]1[C@@H]2SC3(CC2Br)C(C(=O)N(CC=C)c2ccc(OC)cc2)N(CCCO)C(=O)[C@H]13. The fraction of sp³-hybridized carbons (Fsp3) is 0.519. The van der Waals surface area contributed by atoms with Crippen LogP contribution in [0.4, 0.5) is 5.69 Å². The molecule has 8 nitrogen and oxygen atoms in total. The third-order valence-electron chi connectivity index (χ3n) is 7.38. The summed E-state index contributed by atoms with van der Waals surface area (Å²) in [5.41, 5.74) is 0.661. The van der Waals surface area contributed by atoms with Gasteiger partial charge in [0, 0.05) is 35.5 Å². The number of hydrogen-bond acceptors (Lipinski definition) is 7. The molecule has 37 heavy (non-hydrogen) atoms. The number of aliphatic hydroxyl groups excluding tert-OH is 1. The number of aliphatic hydroxyl groups is 1. The van der Waals surface area contributed by atoms with Crippen LogP contribution in [0.1, 0.15) is 19.3 Å². The summed E-state index contributed by atoms with van der Waals surface area (Å²) in [7, 11) is 1.58. The van der Waals surface area contributed by atoms with Gasteiger partial charge in [-0.1, -0.05) is 28.1 Å². The Labute approximate surface area is 230 Å². The Bertz CT molecular complexity index is 1050. The summed E-state index contributed by atoms with van der Waals surface area (Å²) in [6.07, 6.45) is 4.77. The van der Waals surface area contributed by atoms with Crippen molar-refractivity contribution < 1.29 is 29.0 Å². The molecule has 1 aromatic carbocycles. The van der Waals surface area contributed by atoms with Gasteiger partial charge in [-0.05, 0) is 43.5 Å². The van der Waals surface area contributed by atoms with E-state index in [2.05, 4.69) is 29.1 Å². The monoisotopic (exact) mass is 592 g/mol. The van der Waals surface area contributed by atoms with Crippen LogP contribution in [0.3, 0.4) is 0 Å². The van der Waals surface area contributed by atoms with Crippen LogP contribution in [0.5, 0.6) is 5.75 Å². The topological polar surface area (TPSA) is 96.4 Å². The molecule has 1 aromatic rings. The normalized spacial score (nSPS) is 29.6. The highest BCUT2D eigenvalue weighted by Gasteiger charge is 2.76. The number of ether oxygens (including phenoxy) is 2. The van der Waals surface area contributed by atoms with Crippen LogP contribution in [0.2, 0.25) is 0 Å². The van der Waals surface area contributed by atoms with E-state index in [1.165, 1.54) is 0 Å². The predicted molar refractivity (Wildman–Crippen MR) is 147 cm³/mol. The lowest BCUT2D eigenvalue weighted by Crippen LogP contribution is -2.55. The highest BCUT2D eigenvalue weighted by Crippen LogP contribution is 2.68. The Morgan fingerprint density at radius 3 is 2.65 bits per heavy atom. The van der Waals surface area contributed by atoms with Crippen molar-refractivity contribution in [2.24, 2.45) is 11.8 Å². The Hall–Kier alpha value is -2.30. The molecule has 10 heteroatoms. The van der Waals surface area contributed by atoms with E-state index in [1.54, 1.807) is 65.1 Å². The molecule has 0 aromatic heterocycles. The molecule has 0 radical (unpaired) electrons. The first-order chi connectivity index (χ1) is 17.8. The first kappa shape index (κ1) is 27.7. The molecule has 3 aliphatic rings. The number of halogens is 1. The molecule has 200 valence electrons. The lowest BCUT2D eigenvalue weighted by atomic mass is 9.71. The van der Waals surface area contributed by atoms with E-state index >= 15 is 0 Å². The number of fused-ring (bicyclic) bond motifs is 1. The van der Waals surface area contributed by atoms with E-state index in [-0.39, 0.29) is 48.2 Å². The van der Waals surface area contributed by atoms with Crippen LogP contribution < -0.4 is 9.64 Å². The summed E-state index contributed by atoms with van der Waals surface area (Å²) in [4.78, 5) is 44.7. The van der Waals surface area contributed by atoms with Crippen molar-refractivity contribution in [3.63, 3.8) is 0 Å². The second kappa shape index (κ2) is 11.6. The van der Waals surface area contributed by atoms with Crippen molar-refractivity contribution in [3.8, 4) is 5.75 Å². The van der Waals surface area contributed by atoms with E-state index in [9.17, 15) is 19.5 Å². The van der Waals surface area contributed by atoms with Crippen LogP contribution in [0, 0.1) is 11.8 Å². The largest absolute Gasteiger partial charge is 0.497 e. The highest BCUT2D eigenvalue weighted by atomic mass is 79.9. The molecule has 3 fully saturated rings. The summed E-state index contributed by atoms with van der Waals surface area (Å²) in [6.45, 7) is 8.07. The number of likely N-dealkylation sites (tertiary alicyclic amines) is 1. The standard InChI is InChI=1S/C27H33BrN2O6S/c1-4-6-15-36-26(34)20-21-24(32)30(13-7-14-31)23(27(21)16-19(28)22(20)37-27)25(33)29(12-5-2)17-8-10-18(35-3)11-9-17/h4-5,8-11,19-23,31H,1-2,6-7,12-16H2,3H3/t19?,20-,21+,22-,23?,27?/m1/s1. The van der Waals surface area contributed by atoms with Gasteiger partial charge < -0.3 is 24.4 Å². The number of carbonyl (C=O) groups excluding carboxylic acids is 3. The molecule has 1 N–H and O–H groups in total. The number of benzene rings is 1. The minimum absolute atomic E-state index is 0.0413. The Kier molecular flexibility index (Phi) is 8.70. The van der Waals surface area contributed by atoms with Gasteiger partial charge in [0.25, 0.3) is 5.91 Å². The number of carbonyl (C=O) groups is 3. The van der Waals surface area contributed by atoms with Gasteiger partial charge in [0.05, 0.1) is 30.3 Å². The van der Waals surface area contributed by atoms with Gasteiger partial charge in [-0.25, -0.2) is 0 Å². The Morgan fingerprint density at radius 2 is 2.03 bits per heavy atom.